The Kier molecular flexibility index (Phi) is 4.96. The Hall–Kier alpha value is -1.29. The summed E-state index contributed by atoms with van der Waals surface area (Å²) in [5, 5.41) is 3.23. The van der Waals surface area contributed by atoms with Crippen molar-refractivity contribution in [1.29, 1.82) is 0 Å². The van der Waals surface area contributed by atoms with Gasteiger partial charge in [-0.2, -0.15) is 0 Å². The van der Waals surface area contributed by atoms with Crippen LogP contribution in [0.2, 0.25) is 0 Å². The van der Waals surface area contributed by atoms with Gasteiger partial charge in [-0.25, -0.2) is 4.39 Å². The van der Waals surface area contributed by atoms with Crippen LogP contribution in [0, 0.1) is 5.82 Å². The summed E-state index contributed by atoms with van der Waals surface area (Å²) in [5.74, 6) is -0.00834. The fourth-order valence-electron chi connectivity index (χ4n) is 1.76. The molecule has 4 heteroatoms. The molecule has 1 aromatic rings. The van der Waals surface area contributed by atoms with Gasteiger partial charge < -0.3 is 15.0 Å². The summed E-state index contributed by atoms with van der Waals surface area (Å²) in [5.41, 5.74) is 0.823. The lowest BCUT2D eigenvalue weighted by molar-refractivity contribution is 0.321. The number of benzene rings is 1. The quantitative estimate of drug-likeness (QED) is 0.844. The van der Waals surface area contributed by atoms with Gasteiger partial charge in [-0.05, 0) is 40.0 Å². The third-order valence-corrected chi connectivity index (χ3v) is 2.97. The van der Waals surface area contributed by atoms with E-state index < -0.39 is 0 Å². The van der Waals surface area contributed by atoms with Crippen molar-refractivity contribution in [2.45, 2.75) is 26.3 Å². The van der Waals surface area contributed by atoms with Crippen molar-refractivity contribution in [2.24, 2.45) is 0 Å². The molecule has 0 radical (unpaired) electrons. The highest BCUT2D eigenvalue weighted by Gasteiger charge is 2.18. The Morgan fingerprint density at radius 1 is 1.39 bits per heavy atom. The fraction of sp³-hybridized carbons (Fsp3) is 0.571. The molecular formula is C14H23FN2O. The van der Waals surface area contributed by atoms with E-state index in [1.165, 1.54) is 6.07 Å². The zero-order valence-corrected chi connectivity index (χ0v) is 11.9. The second-order valence-corrected chi connectivity index (χ2v) is 5.04. The zero-order chi connectivity index (χ0) is 13.8. The minimum absolute atomic E-state index is 0.0240. The average molecular weight is 254 g/mol. The predicted octanol–water partition coefficient (Wildman–Crippen LogP) is 2.66. The zero-order valence-electron chi connectivity index (χ0n) is 11.9. The highest BCUT2D eigenvalue weighted by molar-refractivity contribution is 5.49. The topological polar surface area (TPSA) is 24.5 Å². The van der Waals surface area contributed by atoms with Crippen LogP contribution in [0.15, 0.2) is 18.2 Å². The molecule has 1 rings (SSSR count). The molecule has 1 aromatic carbocycles. The molecule has 0 fully saturated rings. The highest BCUT2D eigenvalue weighted by Crippen LogP contribution is 2.24. The number of hydrogen-bond acceptors (Lipinski definition) is 3. The van der Waals surface area contributed by atoms with Crippen LogP contribution in [0.5, 0.6) is 5.75 Å². The highest BCUT2D eigenvalue weighted by atomic mass is 19.1. The summed E-state index contributed by atoms with van der Waals surface area (Å²) in [6.45, 7) is 7.31. The van der Waals surface area contributed by atoms with Crippen LogP contribution >= 0.6 is 0 Å². The van der Waals surface area contributed by atoms with Gasteiger partial charge in [-0.3, -0.25) is 0 Å². The molecule has 102 valence electrons. The maximum Gasteiger partial charge on any atom is 0.167 e. The van der Waals surface area contributed by atoms with Crippen molar-refractivity contribution < 1.29 is 9.13 Å². The van der Waals surface area contributed by atoms with Crippen molar-refractivity contribution in [1.82, 2.24) is 5.32 Å². The average Bonchev–Trinajstić information content (AvgIpc) is 2.31. The van der Waals surface area contributed by atoms with Gasteiger partial charge in [0, 0.05) is 30.9 Å². The summed E-state index contributed by atoms with van der Waals surface area (Å²) in [6.07, 6.45) is 0. The Labute approximate surface area is 109 Å². The number of rotatable bonds is 6. The molecule has 0 aromatic heterocycles. The molecule has 0 amide bonds. The van der Waals surface area contributed by atoms with Gasteiger partial charge in [0.1, 0.15) is 0 Å². The van der Waals surface area contributed by atoms with Gasteiger partial charge in [0.05, 0.1) is 6.61 Å². The number of hydrogen-bond donors (Lipinski definition) is 1. The van der Waals surface area contributed by atoms with E-state index in [2.05, 4.69) is 19.2 Å². The first-order chi connectivity index (χ1) is 8.39. The number of ether oxygens (including phenoxy) is 1. The largest absolute Gasteiger partial charge is 0.491 e. The minimum Gasteiger partial charge on any atom is -0.491 e. The standard InChI is InChI=1S/C14H23FN2O/c1-6-18-13-8-7-11(9-12(13)15)17(5)10-14(2,3)16-4/h7-9,16H,6,10H2,1-5H3. The summed E-state index contributed by atoms with van der Waals surface area (Å²) in [7, 11) is 3.88. The van der Waals surface area contributed by atoms with Gasteiger partial charge in [0.15, 0.2) is 11.6 Å². The summed E-state index contributed by atoms with van der Waals surface area (Å²) >= 11 is 0. The van der Waals surface area contributed by atoms with Gasteiger partial charge in [0.2, 0.25) is 0 Å². The molecule has 1 N–H and O–H groups in total. The number of halogens is 1. The molecule has 0 heterocycles. The third kappa shape index (κ3) is 3.88. The molecule has 0 spiro atoms. The van der Waals surface area contributed by atoms with Crippen molar-refractivity contribution in [3.63, 3.8) is 0 Å². The molecule has 18 heavy (non-hydrogen) atoms. The van der Waals surface area contributed by atoms with E-state index in [0.29, 0.717) is 12.4 Å². The maximum absolute atomic E-state index is 13.7. The molecule has 0 aliphatic rings. The van der Waals surface area contributed by atoms with Gasteiger partial charge in [-0.1, -0.05) is 0 Å². The van der Waals surface area contributed by atoms with Crippen LogP contribution in [-0.4, -0.2) is 32.8 Å². The lowest BCUT2D eigenvalue weighted by Crippen LogP contribution is -2.46. The molecule has 3 nitrogen and oxygen atoms in total. The lowest BCUT2D eigenvalue weighted by Gasteiger charge is -2.31. The molecule has 0 aliphatic carbocycles. The molecule has 0 saturated carbocycles. The molecule has 0 saturated heterocycles. The van der Waals surface area contributed by atoms with Crippen molar-refractivity contribution in [3.05, 3.63) is 24.0 Å². The van der Waals surface area contributed by atoms with Crippen LogP contribution in [0.1, 0.15) is 20.8 Å². The van der Waals surface area contributed by atoms with Crippen LogP contribution in [0.25, 0.3) is 0 Å². The number of nitrogens with zero attached hydrogens (tertiary/aromatic N) is 1. The van der Waals surface area contributed by atoms with E-state index in [0.717, 1.165) is 12.2 Å². The summed E-state index contributed by atoms with van der Waals surface area (Å²) in [6, 6.07) is 5.06. The van der Waals surface area contributed by atoms with Crippen molar-refractivity contribution in [3.8, 4) is 5.75 Å². The second kappa shape index (κ2) is 6.05. The van der Waals surface area contributed by atoms with Crippen LogP contribution < -0.4 is 15.0 Å². The molecule has 0 bridgehead atoms. The molecule has 0 aliphatic heterocycles. The predicted molar refractivity (Wildman–Crippen MR) is 74.0 cm³/mol. The first-order valence-corrected chi connectivity index (χ1v) is 6.22. The lowest BCUT2D eigenvalue weighted by atomic mass is 10.1. The van der Waals surface area contributed by atoms with E-state index >= 15 is 0 Å². The molecule has 0 atom stereocenters. The Morgan fingerprint density at radius 2 is 2.06 bits per heavy atom. The Bertz CT molecular complexity index is 393. The second-order valence-electron chi connectivity index (χ2n) is 5.04. The number of anilines is 1. The van der Waals surface area contributed by atoms with Crippen molar-refractivity contribution in [2.75, 3.05) is 32.1 Å². The van der Waals surface area contributed by atoms with E-state index in [-0.39, 0.29) is 11.4 Å². The normalized spacial score (nSPS) is 11.4. The fourth-order valence-corrected chi connectivity index (χ4v) is 1.76. The Morgan fingerprint density at radius 3 is 2.56 bits per heavy atom. The summed E-state index contributed by atoms with van der Waals surface area (Å²) in [4.78, 5) is 2.02. The van der Waals surface area contributed by atoms with Crippen LogP contribution in [0.3, 0.4) is 0 Å². The van der Waals surface area contributed by atoms with Crippen LogP contribution in [0.4, 0.5) is 10.1 Å². The van der Waals surface area contributed by atoms with Crippen molar-refractivity contribution >= 4 is 5.69 Å². The van der Waals surface area contributed by atoms with E-state index in [1.807, 2.05) is 32.0 Å². The first-order valence-electron chi connectivity index (χ1n) is 6.22. The van der Waals surface area contributed by atoms with E-state index in [4.69, 9.17) is 4.74 Å². The number of nitrogens with one attached hydrogen (secondary N) is 1. The Balaban J connectivity index is 2.81. The molecule has 0 unspecified atom stereocenters. The maximum atomic E-state index is 13.7. The first kappa shape index (κ1) is 14.8. The smallest absolute Gasteiger partial charge is 0.167 e. The third-order valence-electron chi connectivity index (χ3n) is 2.97. The molecular weight excluding hydrogens is 231 g/mol. The van der Waals surface area contributed by atoms with E-state index in [9.17, 15) is 4.39 Å². The SMILES string of the molecule is CCOc1ccc(N(C)CC(C)(C)NC)cc1F. The van der Waals surface area contributed by atoms with Gasteiger partial charge >= 0.3 is 0 Å². The van der Waals surface area contributed by atoms with Crippen LogP contribution in [-0.2, 0) is 0 Å². The van der Waals surface area contributed by atoms with Gasteiger partial charge in [-0.15, -0.1) is 0 Å². The van der Waals surface area contributed by atoms with Gasteiger partial charge in [0.25, 0.3) is 0 Å². The monoisotopic (exact) mass is 254 g/mol. The minimum atomic E-state index is -0.316. The number of likely N-dealkylation sites (N-methyl/N-ethyl adjacent to an activating group) is 2. The summed E-state index contributed by atoms with van der Waals surface area (Å²) < 4.78 is 18.9. The van der Waals surface area contributed by atoms with E-state index in [1.54, 1.807) is 6.07 Å².